The first-order valence-electron chi connectivity index (χ1n) is 7.31. The van der Waals surface area contributed by atoms with Crippen LogP contribution in [0.5, 0.6) is 0 Å². The Hall–Kier alpha value is -1.42. The minimum absolute atomic E-state index is 0.0282. The second-order valence-electron chi connectivity index (χ2n) is 5.46. The Morgan fingerprint density at radius 1 is 1.40 bits per heavy atom. The number of halogens is 1. The van der Waals surface area contributed by atoms with Gasteiger partial charge in [0.05, 0.1) is 12.5 Å². The van der Waals surface area contributed by atoms with Crippen LogP contribution in [0.25, 0.3) is 0 Å². The van der Waals surface area contributed by atoms with Gasteiger partial charge in [-0.15, -0.1) is 0 Å². The molecule has 4 heteroatoms. The van der Waals surface area contributed by atoms with Crippen LogP contribution in [0.1, 0.15) is 31.7 Å². The molecular weight excluding hydrogens is 257 g/mol. The molecule has 0 radical (unpaired) electrons. The highest BCUT2D eigenvalue weighted by molar-refractivity contribution is 5.78. The molecule has 1 saturated heterocycles. The summed E-state index contributed by atoms with van der Waals surface area (Å²) in [4.78, 5) is 13.9. The molecule has 1 aliphatic heterocycles. The quantitative estimate of drug-likeness (QED) is 0.919. The third-order valence-electron chi connectivity index (χ3n) is 4.15. The smallest absolute Gasteiger partial charge is 0.227 e. The molecule has 1 N–H and O–H groups in total. The Kier molecular flexibility index (Phi) is 5.12. The van der Waals surface area contributed by atoms with E-state index in [1.54, 1.807) is 23.1 Å². The number of likely N-dealkylation sites (tertiary alicyclic amines) is 1. The van der Waals surface area contributed by atoms with E-state index in [9.17, 15) is 14.3 Å². The van der Waals surface area contributed by atoms with Crippen LogP contribution in [0.15, 0.2) is 24.3 Å². The van der Waals surface area contributed by atoms with Crippen molar-refractivity contribution in [3.8, 4) is 0 Å². The number of aliphatic hydroxyl groups excluding tert-OH is 1. The Balaban J connectivity index is 1.88. The van der Waals surface area contributed by atoms with Gasteiger partial charge in [0.1, 0.15) is 5.82 Å². The van der Waals surface area contributed by atoms with Crippen LogP contribution in [0, 0.1) is 11.7 Å². The second-order valence-corrected chi connectivity index (χ2v) is 5.46. The van der Waals surface area contributed by atoms with Crippen LogP contribution in [0.3, 0.4) is 0 Å². The maximum absolute atomic E-state index is 13.5. The van der Waals surface area contributed by atoms with E-state index in [4.69, 9.17) is 0 Å². The summed E-state index contributed by atoms with van der Waals surface area (Å²) >= 11 is 0. The Morgan fingerprint density at radius 2 is 2.05 bits per heavy atom. The van der Waals surface area contributed by atoms with Gasteiger partial charge in [-0.3, -0.25) is 4.79 Å². The average Bonchev–Trinajstić information content (AvgIpc) is 2.49. The minimum Gasteiger partial charge on any atom is -0.393 e. The second kappa shape index (κ2) is 6.84. The summed E-state index contributed by atoms with van der Waals surface area (Å²) in [6.45, 7) is 3.30. The maximum atomic E-state index is 13.5. The lowest BCUT2D eigenvalue weighted by atomic mass is 9.90. The molecule has 1 aliphatic rings. The average molecular weight is 279 g/mol. The van der Waals surface area contributed by atoms with Crippen LogP contribution in [-0.2, 0) is 11.2 Å². The number of aliphatic hydroxyl groups is 1. The Morgan fingerprint density at radius 3 is 2.65 bits per heavy atom. The lowest BCUT2D eigenvalue weighted by molar-refractivity contribution is -0.132. The van der Waals surface area contributed by atoms with Crippen LogP contribution in [0.2, 0.25) is 0 Å². The van der Waals surface area contributed by atoms with Gasteiger partial charge in [-0.05, 0) is 36.8 Å². The van der Waals surface area contributed by atoms with Crippen LogP contribution < -0.4 is 0 Å². The topological polar surface area (TPSA) is 40.5 Å². The van der Waals surface area contributed by atoms with Gasteiger partial charge in [-0.2, -0.15) is 0 Å². The SMILES string of the molecule is CCC(O)C1CCN(C(=O)Cc2ccccc2F)CC1. The summed E-state index contributed by atoms with van der Waals surface area (Å²) in [5.74, 6) is -0.0609. The highest BCUT2D eigenvalue weighted by Gasteiger charge is 2.26. The predicted octanol–water partition coefficient (Wildman–Crippen LogP) is 2.38. The third kappa shape index (κ3) is 3.57. The highest BCUT2D eigenvalue weighted by atomic mass is 19.1. The number of piperidine rings is 1. The molecule has 0 bridgehead atoms. The summed E-state index contributed by atoms with van der Waals surface area (Å²) in [6, 6.07) is 6.41. The van der Waals surface area contributed by atoms with Crippen LogP contribution in [0.4, 0.5) is 4.39 Å². The molecule has 0 aliphatic carbocycles. The predicted molar refractivity (Wildman–Crippen MR) is 75.7 cm³/mol. The largest absolute Gasteiger partial charge is 0.393 e. The molecule has 1 aromatic carbocycles. The van der Waals surface area contributed by atoms with Crippen molar-refractivity contribution in [3.63, 3.8) is 0 Å². The molecular formula is C16H22FNO2. The van der Waals surface area contributed by atoms with E-state index in [1.807, 2.05) is 6.92 Å². The standard InChI is InChI=1S/C16H22FNO2/c1-2-15(19)12-7-9-18(10-8-12)16(20)11-13-5-3-4-6-14(13)17/h3-6,12,15,19H,2,7-11H2,1H3. The monoisotopic (exact) mass is 279 g/mol. The molecule has 1 atom stereocenters. The lowest BCUT2D eigenvalue weighted by Gasteiger charge is -2.34. The summed E-state index contributed by atoms with van der Waals surface area (Å²) in [5.41, 5.74) is 0.452. The summed E-state index contributed by atoms with van der Waals surface area (Å²) in [5, 5.41) is 9.83. The number of hydrogen-bond donors (Lipinski definition) is 1. The molecule has 1 unspecified atom stereocenters. The van der Waals surface area contributed by atoms with Crippen LogP contribution >= 0.6 is 0 Å². The molecule has 0 spiro atoms. The van der Waals surface area contributed by atoms with Crippen molar-refractivity contribution >= 4 is 5.91 Å². The number of nitrogens with zero attached hydrogens (tertiary/aromatic N) is 1. The van der Waals surface area contributed by atoms with Gasteiger partial charge in [0.15, 0.2) is 0 Å². The number of hydrogen-bond acceptors (Lipinski definition) is 2. The van der Waals surface area contributed by atoms with E-state index in [2.05, 4.69) is 0 Å². The van der Waals surface area contributed by atoms with Crippen molar-refractivity contribution in [2.75, 3.05) is 13.1 Å². The lowest BCUT2D eigenvalue weighted by Crippen LogP contribution is -2.41. The van der Waals surface area contributed by atoms with Gasteiger partial charge in [0.2, 0.25) is 5.91 Å². The van der Waals surface area contributed by atoms with Crippen molar-refractivity contribution in [3.05, 3.63) is 35.6 Å². The van der Waals surface area contributed by atoms with Gasteiger partial charge >= 0.3 is 0 Å². The molecule has 2 rings (SSSR count). The first-order valence-corrected chi connectivity index (χ1v) is 7.31. The molecule has 1 heterocycles. The van der Waals surface area contributed by atoms with Crippen molar-refractivity contribution in [2.45, 2.75) is 38.7 Å². The molecule has 0 aromatic heterocycles. The van der Waals surface area contributed by atoms with Crippen molar-refractivity contribution in [2.24, 2.45) is 5.92 Å². The van der Waals surface area contributed by atoms with Gasteiger partial charge in [-0.25, -0.2) is 4.39 Å². The van der Waals surface area contributed by atoms with Crippen molar-refractivity contribution < 1.29 is 14.3 Å². The summed E-state index contributed by atoms with van der Waals surface area (Å²) in [6.07, 6.45) is 2.27. The maximum Gasteiger partial charge on any atom is 0.227 e. The van der Waals surface area contributed by atoms with Crippen molar-refractivity contribution in [1.29, 1.82) is 0 Å². The first kappa shape index (κ1) is 15.0. The molecule has 20 heavy (non-hydrogen) atoms. The normalized spacial score (nSPS) is 18.1. The third-order valence-corrected chi connectivity index (χ3v) is 4.15. The fourth-order valence-electron chi connectivity index (χ4n) is 2.78. The number of amides is 1. The fraction of sp³-hybridized carbons (Fsp3) is 0.562. The number of benzene rings is 1. The highest BCUT2D eigenvalue weighted by Crippen LogP contribution is 2.23. The van der Waals surface area contributed by atoms with E-state index in [1.165, 1.54) is 6.07 Å². The van der Waals surface area contributed by atoms with E-state index >= 15 is 0 Å². The zero-order chi connectivity index (χ0) is 14.5. The van der Waals surface area contributed by atoms with Gasteiger partial charge < -0.3 is 10.0 Å². The first-order chi connectivity index (χ1) is 9.61. The molecule has 0 saturated carbocycles. The zero-order valence-electron chi connectivity index (χ0n) is 11.9. The van der Waals surface area contributed by atoms with E-state index in [0.717, 1.165) is 19.3 Å². The number of rotatable bonds is 4. The number of carbonyl (C=O) groups excluding carboxylic acids is 1. The van der Waals surface area contributed by atoms with E-state index in [0.29, 0.717) is 18.7 Å². The zero-order valence-corrected chi connectivity index (χ0v) is 11.9. The molecule has 1 fully saturated rings. The van der Waals surface area contributed by atoms with Gasteiger partial charge in [0.25, 0.3) is 0 Å². The molecule has 1 amide bonds. The van der Waals surface area contributed by atoms with E-state index in [-0.39, 0.29) is 30.2 Å². The van der Waals surface area contributed by atoms with Gasteiger partial charge in [-0.1, -0.05) is 25.1 Å². The molecule has 110 valence electrons. The number of carbonyl (C=O) groups is 1. The Bertz CT molecular complexity index is 456. The van der Waals surface area contributed by atoms with E-state index < -0.39 is 0 Å². The Labute approximate surface area is 119 Å². The summed E-state index contributed by atoms with van der Waals surface area (Å²) in [7, 11) is 0. The van der Waals surface area contributed by atoms with Crippen LogP contribution in [-0.4, -0.2) is 35.1 Å². The fourth-order valence-corrected chi connectivity index (χ4v) is 2.78. The van der Waals surface area contributed by atoms with Crippen molar-refractivity contribution in [1.82, 2.24) is 4.90 Å². The molecule has 1 aromatic rings. The summed E-state index contributed by atoms with van der Waals surface area (Å²) < 4.78 is 13.5. The molecule has 3 nitrogen and oxygen atoms in total. The van der Waals surface area contributed by atoms with Gasteiger partial charge in [0, 0.05) is 13.1 Å². The minimum atomic E-state index is -0.322.